The van der Waals surface area contributed by atoms with Crippen molar-refractivity contribution in [1.29, 1.82) is 0 Å². The minimum Gasteiger partial charge on any atom is -0.508 e. The number of hydrogen-bond acceptors (Lipinski definition) is 4. The van der Waals surface area contributed by atoms with Gasteiger partial charge >= 0.3 is 0 Å². The fourth-order valence-corrected chi connectivity index (χ4v) is 3.30. The molecule has 0 aliphatic heterocycles. The molecule has 3 rings (SSSR count). The molecule has 4 heteroatoms. The molecule has 0 heterocycles. The van der Waals surface area contributed by atoms with Crippen molar-refractivity contribution < 1.29 is 19.7 Å². The number of phenolic OH excluding ortho intramolecular Hbond substituents is 2. The first-order valence-corrected chi connectivity index (χ1v) is 7.42. The Hall–Kier alpha value is -2.62. The number of aromatic hydroxyl groups is 2. The quantitative estimate of drug-likeness (QED) is 0.841. The van der Waals surface area contributed by atoms with Crippen LogP contribution in [0.2, 0.25) is 0 Å². The van der Waals surface area contributed by atoms with E-state index in [1.165, 1.54) is 6.07 Å². The smallest absolute Gasteiger partial charge is 0.161 e. The van der Waals surface area contributed by atoms with Crippen molar-refractivity contribution in [2.24, 2.45) is 0 Å². The Bertz CT molecular complexity index is 792. The van der Waals surface area contributed by atoms with Crippen molar-refractivity contribution in [1.82, 2.24) is 0 Å². The molecule has 23 heavy (non-hydrogen) atoms. The van der Waals surface area contributed by atoms with Gasteiger partial charge in [-0.05, 0) is 48.2 Å². The van der Waals surface area contributed by atoms with Gasteiger partial charge in [0.15, 0.2) is 11.5 Å². The molecule has 0 unspecified atom stereocenters. The molecular weight excluding hydrogens is 292 g/mol. The van der Waals surface area contributed by atoms with Gasteiger partial charge in [0.1, 0.15) is 11.5 Å². The highest BCUT2D eigenvalue weighted by atomic mass is 16.5. The number of methoxy groups -OCH3 is 2. The van der Waals surface area contributed by atoms with E-state index in [9.17, 15) is 10.2 Å². The Balaban J connectivity index is 2.32. The second-order valence-corrected chi connectivity index (χ2v) is 5.89. The SMILES string of the molecule is C=C(C)[C@H]1Cc2cc(OC)c(OC)cc2-c2cc(O)cc(O)c21. The lowest BCUT2D eigenvalue weighted by atomic mass is 9.75. The number of fused-ring (bicyclic) bond motifs is 3. The molecule has 0 spiro atoms. The predicted octanol–water partition coefficient (Wildman–Crippen LogP) is 4.00. The summed E-state index contributed by atoms with van der Waals surface area (Å²) in [6, 6.07) is 6.89. The highest BCUT2D eigenvalue weighted by Crippen LogP contribution is 2.50. The van der Waals surface area contributed by atoms with Crippen molar-refractivity contribution in [3.8, 4) is 34.1 Å². The molecule has 0 amide bonds. The molecule has 1 atom stereocenters. The minimum atomic E-state index is -0.00352. The van der Waals surface area contributed by atoms with Gasteiger partial charge in [0.05, 0.1) is 14.2 Å². The summed E-state index contributed by atoms with van der Waals surface area (Å²) in [5, 5.41) is 20.3. The van der Waals surface area contributed by atoms with Crippen LogP contribution in [0.1, 0.15) is 24.0 Å². The Morgan fingerprint density at radius 1 is 1.04 bits per heavy atom. The fraction of sp³-hybridized carbons (Fsp3) is 0.263. The number of allylic oxidation sites excluding steroid dienone is 1. The summed E-state index contributed by atoms with van der Waals surface area (Å²) in [6.07, 6.45) is 0.719. The van der Waals surface area contributed by atoms with Crippen LogP contribution < -0.4 is 9.47 Å². The van der Waals surface area contributed by atoms with Crippen LogP contribution in [0.5, 0.6) is 23.0 Å². The molecule has 0 bridgehead atoms. The third kappa shape index (κ3) is 2.40. The third-order valence-corrected chi connectivity index (χ3v) is 4.41. The lowest BCUT2D eigenvalue weighted by molar-refractivity contribution is 0.354. The Morgan fingerprint density at radius 3 is 2.30 bits per heavy atom. The fourth-order valence-electron chi connectivity index (χ4n) is 3.30. The van der Waals surface area contributed by atoms with E-state index in [-0.39, 0.29) is 17.4 Å². The van der Waals surface area contributed by atoms with Crippen molar-refractivity contribution in [3.63, 3.8) is 0 Å². The van der Waals surface area contributed by atoms with E-state index in [2.05, 4.69) is 6.58 Å². The van der Waals surface area contributed by atoms with E-state index in [0.717, 1.165) is 34.2 Å². The van der Waals surface area contributed by atoms with E-state index in [0.29, 0.717) is 11.5 Å². The third-order valence-electron chi connectivity index (χ3n) is 4.41. The minimum absolute atomic E-state index is 0.00352. The topological polar surface area (TPSA) is 58.9 Å². The molecule has 1 aliphatic rings. The lowest BCUT2D eigenvalue weighted by Crippen LogP contribution is -2.13. The molecule has 2 aromatic carbocycles. The van der Waals surface area contributed by atoms with E-state index < -0.39 is 0 Å². The molecular formula is C19H20O4. The van der Waals surface area contributed by atoms with Crippen molar-refractivity contribution in [2.75, 3.05) is 14.2 Å². The highest BCUT2D eigenvalue weighted by molar-refractivity contribution is 5.80. The van der Waals surface area contributed by atoms with Crippen molar-refractivity contribution in [3.05, 3.63) is 47.5 Å². The summed E-state index contributed by atoms with van der Waals surface area (Å²) in [7, 11) is 3.19. The summed E-state index contributed by atoms with van der Waals surface area (Å²) in [4.78, 5) is 0. The molecule has 120 valence electrons. The zero-order valence-corrected chi connectivity index (χ0v) is 13.5. The number of phenols is 2. The highest BCUT2D eigenvalue weighted by Gasteiger charge is 2.30. The average molecular weight is 312 g/mol. The number of ether oxygens (including phenoxy) is 2. The van der Waals surface area contributed by atoms with Crippen LogP contribution in [0, 0.1) is 0 Å². The summed E-state index contributed by atoms with van der Waals surface area (Å²) in [6.45, 7) is 6.01. The van der Waals surface area contributed by atoms with Gasteiger partial charge in [0.25, 0.3) is 0 Å². The molecule has 4 nitrogen and oxygen atoms in total. The maximum atomic E-state index is 10.4. The standard InChI is InChI=1S/C19H20O4/c1-10(2)13-5-11-6-17(22-3)18(23-4)9-14(11)15-7-12(20)8-16(21)19(13)15/h6-9,13,20-21H,1,5H2,2-4H3/t13-/m1/s1. The van der Waals surface area contributed by atoms with Crippen molar-refractivity contribution in [2.45, 2.75) is 19.3 Å². The average Bonchev–Trinajstić information content (AvgIpc) is 2.52. The van der Waals surface area contributed by atoms with E-state index in [1.54, 1.807) is 20.3 Å². The first kappa shape index (κ1) is 15.3. The number of rotatable bonds is 3. The number of hydrogen-bond donors (Lipinski definition) is 2. The summed E-state index contributed by atoms with van der Waals surface area (Å²) in [5.74, 6) is 1.40. The maximum absolute atomic E-state index is 10.4. The van der Waals surface area contributed by atoms with E-state index in [1.807, 2.05) is 19.1 Å². The van der Waals surface area contributed by atoms with Crippen LogP contribution in [0.15, 0.2) is 36.4 Å². The van der Waals surface area contributed by atoms with Gasteiger partial charge in [-0.2, -0.15) is 0 Å². The van der Waals surface area contributed by atoms with Crippen LogP contribution in [-0.2, 0) is 6.42 Å². The zero-order chi connectivity index (χ0) is 16.7. The summed E-state index contributed by atoms with van der Waals surface area (Å²) < 4.78 is 10.8. The summed E-state index contributed by atoms with van der Waals surface area (Å²) >= 11 is 0. The van der Waals surface area contributed by atoms with Crippen LogP contribution in [-0.4, -0.2) is 24.4 Å². The summed E-state index contributed by atoms with van der Waals surface area (Å²) in [5.41, 5.74) is 4.58. The molecule has 0 aromatic heterocycles. The van der Waals surface area contributed by atoms with Gasteiger partial charge in [-0.3, -0.25) is 0 Å². The van der Waals surface area contributed by atoms with Crippen molar-refractivity contribution >= 4 is 0 Å². The maximum Gasteiger partial charge on any atom is 0.161 e. The van der Waals surface area contributed by atoms with Crippen LogP contribution in [0.25, 0.3) is 11.1 Å². The molecule has 0 radical (unpaired) electrons. The van der Waals surface area contributed by atoms with Gasteiger partial charge < -0.3 is 19.7 Å². The molecule has 0 fully saturated rings. The van der Waals surface area contributed by atoms with Crippen LogP contribution in [0.3, 0.4) is 0 Å². The normalized spacial score (nSPS) is 15.5. The van der Waals surface area contributed by atoms with Crippen LogP contribution >= 0.6 is 0 Å². The van der Waals surface area contributed by atoms with Gasteiger partial charge in [-0.15, -0.1) is 0 Å². The zero-order valence-electron chi connectivity index (χ0n) is 13.5. The Morgan fingerprint density at radius 2 is 1.70 bits per heavy atom. The monoisotopic (exact) mass is 312 g/mol. The second-order valence-electron chi connectivity index (χ2n) is 5.89. The van der Waals surface area contributed by atoms with Crippen LogP contribution in [0.4, 0.5) is 0 Å². The van der Waals surface area contributed by atoms with E-state index >= 15 is 0 Å². The molecule has 2 aromatic rings. The predicted molar refractivity (Wildman–Crippen MR) is 89.6 cm³/mol. The Kier molecular flexibility index (Phi) is 3.68. The van der Waals surface area contributed by atoms with E-state index in [4.69, 9.17) is 9.47 Å². The van der Waals surface area contributed by atoms with Gasteiger partial charge in [0.2, 0.25) is 0 Å². The Labute approximate surface area is 135 Å². The first-order chi connectivity index (χ1) is 11.0. The lowest BCUT2D eigenvalue weighted by Gasteiger charge is -2.30. The molecule has 0 saturated heterocycles. The second kappa shape index (κ2) is 5.54. The first-order valence-electron chi connectivity index (χ1n) is 7.42. The molecule has 0 saturated carbocycles. The van der Waals surface area contributed by atoms with Gasteiger partial charge in [-0.1, -0.05) is 12.2 Å². The number of benzene rings is 2. The largest absolute Gasteiger partial charge is 0.508 e. The molecule has 2 N–H and O–H groups in total. The van der Waals surface area contributed by atoms with Gasteiger partial charge in [0, 0.05) is 17.5 Å². The molecule has 1 aliphatic carbocycles. The van der Waals surface area contributed by atoms with Gasteiger partial charge in [-0.25, -0.2) is 0 Å².